The minimum atomic E-state index is -0.372. The van der Waals surface area contributed by atoms with Gasteiger partial charge in [0, 0.05) is 17.8 Å². The van der Waals surface area contributed by atoms with Crippen molar-refractivity contribution in [2.45, 2.75) is 6.42 Å². The third-order valence-corrected chi connectivity index (χ3v) is 4.15. The van der Waals surface area contributed by atoms with Gasteiger partial charge >= 0.3 is 0 Å². The van der Waals surface area contributed by atoms with Crippen molar-refractivity contribution in [3.63, 3.8) is 0 Å². The largest absolute Gasteiger partial charge is 0.354 e. The number of benzene rings is 2. The third kappa shape index (κ3) is 4.94. The number of carbonyl (C=O) groups excluding carboxylic acids is 1. The number of anilines is 2. The number of carbonyl (C=O) groups is 1. The van der Waals surface area contributed by atoms with Crippen LogP contribution in [0.4, 0.5) is 11.6 Å². The van der Waals surface area contributed by atoms with Gasteiger partial charge in [-0.25, -0.2) is 9.97 Å². The quantitative estimate of drug-likeness (QED) is 0.644. The summed E-state index contributed by atoms with van der Waals surface area (Å²) < 4.78 is 0. The van der Waals surface area contributed by atoms with Gasteiger partial charge in [0.05, 0.1) is 10.7 Å². The highest BCUT2D eigenvalue weighted by Gasteiger charge is 2.11. The first-order chi connectivity index (χ1) is 12.6. The van der Waals surface area contributed by atoms with Gasteiger partial charge in [0.2, 0.25) is 5.95 Å². The number of halogens is 2. The fourth-order valence-electron chi connectivity index (χ4n) is 2.31. The van der Waals surface area contributed by atoms with E-state index in [1.165, 1.54) is 11.8 Å². The van der Waals surface area contributed by atoms with Crippen molar-refractivity contribution >= 4 is 40.7 Å². The van der Waals surface area contributed by atoms with Gasteiger partial charge in [-0.05, 0) is 36.2 Å². The van der Waals surface area contributed by atoms with Crippen molar-refractivity contribution in [2.24, 2.45) is 0 Å². The second-order valence-electron chi connectivity index (χ2n) is 5.51. The monoisotopic (exact) mass is 386 g/mol. The van der Waals surface area contributed by atoms with Crippen LogP contribution in [0.15, 0.2) is 60.8 Å². The third-order valence-electron chi connectivity index (χ3n) is 3.61. The zero-order chi connectivity index (χ0) is 18.4. The highest BCUT2D eigenvalue weighted by Crippen LogP contribution is 2.25. The van der Waals surface area contributed by atoms with Crippen molar-refractivity contribution in [1.29, 1.82) is 0 Å². The number of hydrogen-bond donors (Lipinski definition) is 2. The van der Waals surface area contributed by atoms with Crippen LogP contribution in [0.25, 0.3) is 0 Å². The molecule has 0 aliphatic heterocycles. The molecule has 0 spiro atoms. The van der Waals surface area contributed by atoms with Crippen LogP contribution in [-0.4, -0.2) is 22.4 Å². The molecule has 132 valence electrons. The van der Waals surface area contributed by atoms with Gasteiger partial charge in [-0.2, -0.15) is 0 Å². The topological polar surface area (TPSA) is 66.9 Å². The van der Waals surface area contributed by atoms with Crippen LogP contribution in [0, 0.1) is 0 Å². The van der Waals surface area contributed by atoms with Gasteiger partial charge in [0.1, 0.15) is 5.69 Å². The summed E-state index contributed by atoms with van der Waals surface area (Å²) in [5.41, 5.74) is 1.93. The van der Waals surface area contributed by atoms with Gasteiger partial charge in [-0.15, -0.1) is 0 Å². The highest BCUT2D eigenvalue weighted by atomic mass is 35.5. The molecule has 2 N–H and O–H groups in total. The first kappa shape index (κ1) is 18.2. The Morgan fingerprint density at radius 2 is 1.85 bits per heavy atom. The second kappa shape index (κ2) is 8.65. The maximum absolute atomic E-state index is 12.4. The van der Waals surface area contributed by atoms with Crippen LogP contribution < -0.4 is 10.6 Å². The maximum atomic E-state index is 12.4. The number of nitrogens with zero attached hydrogens (tertiary/aromatic N) is 2. The van der Waals surface area contributed by atoms with E-state index >= 15 is 0 Å². The fourth-order valence-corrected chi connectivity index (χ4v) is 2.77. The Morgan fingerprint density at radius 3 is 2.62 bits per heavy atom. The molecule has 1 heterocycles. The standard InChI is InChI=1S/C19H16Cl2N4O/c20-14-6-7-16(15(21)12-14)24-18(26)17-9-11-23-19(25-17)22-10-8-13-4-2-1-3-5-13/h1-7,9,11-12H,8,10H2,(H,24,26)(H,22,23,25). The summed E-state index contributed by atoms with van der Waals surface area (Å²) in [4.78, 5) is 20.8. The summed E-state index contributed by atoms with van der Waals surface area (Å²) in [6.45, 7) is 0.665. The summed E-state index contributed by atoms with van der Waals surface area (Å²) in [7, 11) is 0. The lowest BCUT2D eigenvalue weighted by Gasteiger charge is -2.09. The molecule has 3 rings (SSSR count). The Labute approximate surface area is 161 Å². The molecule has 0 unspecified atom stereocenters. The van der Waals surface area contributed by atoms with Crippen molar-refractivity contribution < 1.29 is 4.79 Å². The van der Waals surface area contributed by atoms with Gasteiger partial charge in [0.25, 0.3) is 5.91 Å². The van der Waals surface area contributed by atoms with E-state index in [1.807, 2.05) is 18.2 Å². The molecule has 0 saturated heterocycles. The van der Waals surface area contributed by atoms with Gasteiger partial charge < -0.3 is 10.6 Å². The molecule has 5 nitrogen and oxygen atoms in total. The Balaban J connectivity index is 1.61. The first-order valence-electron chi connectivity index (χ1n) is 7.99. The van der Waals surface area contributed by atoms with Crippen LogP contribution in [0.1, 0.15) is 16.1 Å². The van der Waals surface area contributed by atoms with Crippen LogP contribution in [0.5, 0.6) is 0 Å². The second-order valence-corrected chi connectivity index (χ2v) is 6.35. The van der Waals surface area contributed by atoms with Gasteiger partial charge in [-0.3, -0.25) is 4.79 Å². The predicted octanol–water partition coefficient (Wildman–Crippen LogP) is 4.69. The number of amides is 1. The van der Waals surface area contributed by atoms with E-state index in [-0.39, 0.29) is 11.6 Å². The average Bonchev–Trinajstić information content (AvgIpc) is 2.65. The summed E-state index contributed by atoms with van der Waals surface area (Å²) in [5.74, 6) is 0.0264. The lowest BCUT2D eigenvalue weighted by Crippen LogP contribution is -2.16. The first-order valence-corrected chi connectivity index (χ1v) is 8.74. The molecule has 0 radical (unpaired) electrons. The van der Waals surface area contributed by atoms with Crippen molar-refractivity contribution in [3.8, 4) is 0 Å². The number of hydrogen-bond acceptors (Lipinski definition) is 4. The summed E-state index contributed by atoms with van der Waals surface area (Å²) in [6.07, 6.45) is 2.37. The summed E-state index contributed by atoms with van der Waals surface area (Å²) in [6, 6.07) is 16.5. The Kier molecular flexibility index (Phi) is 6.04. The van der Waals surface area contributed by atoms with E-state index in [1.54, 1.807) is 24.3 Å². The molecule has 1 amide bonds. The Hall–Kier alpha value is -2.63. The number of rotatable bonds is 6. The minimum absolute atomic E-state index is 0.244. The normalized spacial score (nSPS) is 10.4. The lowest BCUT2D eigenvalue weighted by molar-refractivity contribution is 0.102. The summed E-state index contributed by atoms with van der Waals surface area (Å²) >= 11 is 11.9. The molecular formula is C19H16Cl2N4O. The van der Waals surface area contributed by atoms with Crippen molar-refractivity contribution in [1.82, 2.24) is 9.97 Å². The summed E-state index contributed by atoms with van der Waals surface area (Å²) in [5, 5.41) is 6.70. The number of nitrogens with one attached hydrogen (secondary N) is 2. The predicted molar refractivity (Wildman–Crippen MR) is 105 cm³/mol. The van der Waals surface area contributed by atoms with E-state index in [0.717, 1.165) is 6.42 Å². The zero-order valence-electron chi connectivity index (χ0n) is 13.7. The van der Waals surface area contributed by atoms with E-state index in [2.05, 4.69) is 32.7 Å². The lowest BCUT2D eigenvalue weighted by atomic mass is 10.1. The zero-order valence-corrected chi connectivity index (χ0v) is 15.3. The average molecular weight is 387 g/mol. The molecule has 0 atom stereocenters. The molecule has 7 heteroatoms. The molecule has 0 saturated carbocycles. The molecule has 1 aromatic heterocycles. The van der Waals surface area contributed by atoms with E-state index < -0.39 is 0 Å². The SMILES string of the molecule is O=C(Nc1ccc(Cl)cc1Cl)c1ccnc(NCCc2ccccc2)n1. The smallest absolute Gasteiger partial charge is 0.274 e. The molecule has 26 heavy (non-hydrogen) atoms. The van der Waals surface area contributed by atoms with Crippen molar-refractivity contribution in [3.05, 3.63) is 82.1 Å². The van der Waals surface area contributed by atoms with Crippen LogP contribution in [-0.2, 0) is 6.42 Å². The molecule has 0 aliphatic rings. The maximum Gasteiger partial charge on any atom is 0.274 e. The highest BCUT2D eigenvalue weighted by molar-refractivity contribution is 6.36. The van der Waals surface area contributed by atoms with E-state index in [0.29, 0.717) is 28.2 Å². The minimum Gasteiger partial charge on any atom is -0.354 e. The van der Waals surface area contributed by atoms with Crippen LogP contribution >= 0.6 is 23.2 Å². The fraction of sp³-hybridized carbons (Fsp3) is 0.105. The molecule has 0 aliphatic carbocycles. The Bertz CT molecular complexity index is 903. The van der Waals surface area contributed by atoms with Crippen LogP contribution in [0.3, 0.4) is 0 Å². The molecule has 0 fully saturated rings. The van der Waals surface area contributed by atoms with E-state index in [9.17, 15) is 4.79 Å². The molecule has 2 aromatic carbocycles. The number of aromatic nitrogens is 2. The molecule has 0 bridgehead atoms. The van der Waals surface area contributed by atoms with Gasteiger partial charge in [-0.1, -0.05) is 53.5 Å². The Morgan fingerprint density at radius 1 is 1.04 bits per heavy atom. The van der Waals surface area contributed by atoms with Crippen LogP contribution in [0.2, 0.25) is 10.0 Å². The van der Waals surface area contributed by atoms with Gasteiger partial charge in [0.15, 0.2) is 0 Å². The van der Waals surface area contributed by atoms with E-state index in [4.69, 9.17) is 23.2 Å². The van der Waals surface area contributed by atoms with Crippen molar-refractivity contribution in [2.75, 3.05) is 17.2 Å². The molecular weight excluding hydrogens is 371 g/mol. The molecule has 3 aromatic rings.